The Hall–Kier alpha value is -0.120. The summed E-state index contributed by atoms with van der Waals surface area (Å²) < 4.78 is 5.47. The van der Waals surface area contributed by atoms with E-state index in [9.17, 15) is 0 Å². The third-order valence-electron chi connectivity index (χ3n) is 4.19. The summed E-state index contributed by atoms with van der Waals surface area (Å²) in [4.78, 5) is 2.61. The normalized spacial score (nSPS) is 30.0. The van der Waals surface area contributed by atoms with E-state index in [1.807, 2.05) is 0 Å². The van der Waals surface area contributed by atoms with Gasteiger partial charge in [0.05, 0.1) is 6.61 Å². The lowest BCUT2D eigenvalue weighted by atomic mass is 9.92. The van der Waals surface area contributed by atoms with Gasteiger partial charge in [-0.25, -0.2) is 0 Å². The molecule has 0 amide bonds. The van der Waals surface area contributed by atoms with Crippen LogP contribution in [0, 0.1) is 0 Å². The fraction of sp³-hybridized carbons (Fsp3) is 1.00. The molecule has 1 saturated carbocycles. The molecule has 1 saturated heterocycles. The Morgan fingerprint density at radius 1 is 1.38 bits per heavy atom. The first kappa shape index (κ1) is 12.3. The third-order valence-corrected chi connectivity index (χ3v) is 4.19. The SMILES string of the molecule is CCOCCN1CC2(CCCC2)NCC1C. The number of rotatable bonds is 4. The second kappa shape index (κ2) is 5.48. The summed E-state index contributed by atoms with van der Waals surface area (Å²) >= 11 is 0. The van der Waals surface area contributed by atoms with E-state index in [1.165, 1.54) is 32.2 Å². The Bertz CT molecular complexity index is 214. The maximum Gasteiger partial charge on any atom is 0.0593 e. The van der Waals surface area contributed by atoms with Gasteiger partial charge in [0.1, 0.15) is 0 Å². The Morgan fingerprint density at radius 3 is 2.81 bits per heavy atom. The van der Waals surface area contributed by atoms with E-state index >= 15 is 0 Å². The summed E-state index contributed by atoms with van der Waals surface area (Å²) in [6.07, 6.45) is 5.54. The van der Waals surface area contributed by atoms with Gasteiger partial charge in [-0.1, -0.05) is 12.8 Å². The molecule has 94 valence electrons. The zero-order chi connectivity index (χ0) is 11.4. The van der Waals surface area contributed by atoms with Crippen molar-refractivity contribution in [3.8, 4) is 0 Å². The van der Waals surface area contributed by atoms with Gasteiger partial charge in [0.15, 0.2) is 0 Å². The molecule has 1 N–H and O–H groups in total. The quantitative estimate of drug-likeness (QED) is 0.737. The topological polar surface area (TPSA) is 24.5 Å². The summed E-state index contributed by atoms with van der Waals surface area (Å²) in [7, 11) is 0. The number of ether oxygens (including phenoxy) is 1. The van der Waals surface area contributed by atoms with E-state index in [1.54, 1.807) is 0 Å². The van der Waals surface area contributed by atoms with E-state index in [0.717, 1.165) is 26.3 Å². The maximum absolute atomic E-state index is 5.47. The highest BCUT2D eigenvalue weighted by atomic mass is 16.5. The predicted octanol–water partition coefficient (Wildman–Crippen LogP) is 1.63. The lowest BCUT2D eigenvalue weighted by Crippen LogP contribution is -2.62. The average Bonchev–Trinajstić information content (AvgIpc) is 2.73. The molecule has 3 nitrogen and oxygen atoms in total. The minimum absolute atomic E-state index is 0.443. The number of nitrogens with zero attached hydrogens (tertiary/aromatic N) is 1. The third kappa shape index (κ3) is 2.76. The molecule has 2 aliphatic rings. The van der Waals surface area contributed by atoms with Crippen LogP contribution in [0.4, 0.5) is 0 Å². The van der Waals surface area contributed by atoms with Gasteiger partial charge in [-0.3, -0.25) is 4.90 Å². The zero-order valence-corrected chi connectivity index (χ0v) is 10.8. The van der Waals surface area contributed by atoms with Crippen molar-refractivity contribution in [2.45, 2.75) is 51.1 Å². The minimum Gasteiger partial charge on any atom is -0.380 e. The molecule has 1 aliphatic carbocycles. The highest BCUT2D eigenvalue weighted by Gasteiger charge is 2.39. The maximum atomic E-state index is 5.47. The van der Waals surface area contributed by atoms with E-state index in [2.05, 4.69) is 24.1 Å². The highest BCUT2D eigenvalue weighted by molar-refractivity contribution is 5.00. The molecule has 1 aliphatic heterocycles. The first-order valence-corrected chi connectivity index (χ1v) is 6.82. The van der Waals surface area contributed by atoms with Crippen LogP contribution < -0.4 is 5.32 Å². The molecule has 0 aromatic rings. The Balaban J connectivity index is 1.84. The predicted molar refractivity (Wildman–Crippen MR) is 66.7 cm³/mol. The van der Waals surface area contributed by atoms with Gasteiger partial charge < -0.3 is 10.1 Å². The molecule has 2 rings (SSSR count). The fourth-order valence-corrected chi connectivity index (χ4v) is 3.11. The van der Waals surface area contributed by atoms with Crippen LogP contribution >= 0.6 is 0 Å². The molecule has 0 bridgehead atoms. The van der Waals surface area contributed by atoms with Crippen molar-refractivity contribution in [2.24, 2.45) is 0 Å². The van der Waals surface area contributed by atoms with Crippen LogP contribution in [0.3, 0.4) is 0 Å². The lowest BCUT2D eigenvalue weighted by molar-refractivity contribution is 0.0506. The average molecular weight is 226 g/mol. The summed E-state index contributed by atoms with van der Waals surface area (Å²) in [5.41, 5.74) is 0.443. The van der Waals surface area contributed by atoms with E-state index in [0.29, 0.717) is 11.6 Å². The van der Waals surface area contributed by atoms with Gasteiger partial charge in [0.2, 0.25) is 0 Å². The van der Waals surface area contributed by atoms with Crippen LogP contribution in [0.5, 0.6) is 0 Å². The first-order valence-electron chi connectivity index (χ1n) is 6.82. The summed E-state index contributed by atoms with van der Waals surface area (Å²) in [6, 6.07) is 0.659. The number of nitrogens with one attached hydrogen (secondary N) is 1. The van der Waals surface area contributed by atoms with E-state index in [-0.39, 0.29) is 0 Å². The molecule has 1 heterocycles. The monoisotopic (exact) mass is 226 g/mol. The Morgan fingerprint density at radius 2 is 2.12 bits per heavy atom. The highest BCUT2D eigenvalue weighted by Crippen LogP contribution is 2.32. The van der Waals surface area contributed by atoms with Gasteiger partial charge in [-0.05, 0) is 26.7 Å². The van der Waals surface area contributed by atoms with Crippen molar-refractivity contribution in [2.75, 3.05) is 32.8 Å². The van der Waals surface area contributed by atoms with Gasteiger partial charge in [-0.15, -0.1) is 0 Å². The largest absolute Gasteiger partial charge is 0.380 e. The molecule has 2 fully saturated rings. The molecule has 0 aromatic carbocycles. The Kier molecular flexibility index (Phi) is 4.22. The molecule has 3 heteroatoms. The number of piperazine rings is 1. The molecular weight excluding hydrogens is 200 g/mol. The van der Waals surface area contributed by atoms with Crippen LogP contribution in [-0.4, -0.2) is 49.3 Å². The summed E-state index contributed by atoms with van der Waals surface area (Å²) in [6.45, 7) is 9.58. The Labute approximate surface area is 99.5 Å². The molecular formula is C13H26N2O. The second-order valence-electron chi connectivity index (χ2n) is 5.38. The second-order valence-corrected chi connectivity index (χ2v) is 5.38. The molecule has 1 unspecified atom stereocenters. The summed E-state index contributed by atoms with van der Waals surface area (Å²) in [5.74, 6) is 0. The van der Waals surface area contributed by atoms with Crippen molar-refractivity contribution in [3.63, 3.8) is 0 Å². The molecule has 0 radical (unpaired) electrons. The van der Waals surface area contributed by atoms with Gasteiger partial charge >= 0.3 is 0 Å². The van der Waals surface area contributed by atoms with Crippen LogP contribution in [-0.2, 0) is 4.74 Å². The van der Waals surface area contributed by atoms with Crippen LogP contribution in [0.2, 0.25) is 0 Å². The smallest absolute Gasteiger partial charge is 0.0593 e. The van der Waals surface area contributed by atoms with Crippen LogP contribution in [0.25, 0.3) is 0 Å². The molecule has 0 aromatic heterocycles. The summed E-state index contributed by atoms with van der Waals surface area (Å²) in [5, 5.41) is 3.78. The van der Waals surface area contributed by atoms with Crippen molar-refractivity contribution >= 4 is 0 Å². The van der Waals surface area contributed by atoms with Crippen LogP contribution in [0.1, 0.15) is 39.5 Å². The number of hydrogen-bond donors (Lipinski definition) is 1. The van der Waals surface area contributed by atoms with Gasteiger partial charge in [0, 0.05) is 37.8 Å². The van der Waals surface area contributed by atoms with Gasteiger partial charge in [0.25, 0.3) is 0 Å². The minimum atomic E-state index is 0.443. The van der Waals surface area contributed by atoms with Crippen molar-refractivity contribution in [3.05, 3.63) is 0 Å². The van der Waals surface area contributed by atoms with Crippen LogP contribution in [0.15, 0.2) is 0 Å². The molecule has 1 spiro atoms. The first-order chi connectivity index (χ1) is 7.76. The molecule has 1 atom stereocenters. The number of hydrogen-bond acceptors (Lipinski definition) is 3. The van der Waals surface area contributed by atoms with Crippen molar-refractivity contribution < 1.29 is 4.74 Å². The fourth-order valence-electron chi connectivity index (χ4n) is 3.11. The standard InChI is InChI=1S/C13H26N2O/c1-3-16-9-8-15-11-13(6-4-5-7-13)14-10-12(15)2/h12,14H,3-11H2,1-2H3. The van der Waals surface area contributed by atoms with E-state index in [4.69, 9.17) is 4.74 Å². The van der Waals surface area contributed by atoms with Crippen molar-refractivity contribution in [1.29, 1.82) is 0 Å². The van der Waals surface area contributed by atoms with Gasteiger partial charge in [-0.2, -0.15) is 0 Å². The molecule has 16 heavy (non-hydrogen) atoms. The van der Waals surface area contributed by atoms with Crippen molar-refractivity contribution in [1.82, 2.24) is 10.2 Å². The van der Waals surface area contributed by atoms with E-state index < -0.39 is 0 Å². The zero-order valence-electron chi connectivity index (χ0n) is 10.8. The lowest BCUT2D eigenvalue weighted by Gasteiger charge is -2.45.